The predicted molar refractivity (Wildman–Crippen MR) is 58.7 cm³/mol. The van der Waals surface area contributed by atoms with Crippen molar-refractivity contribution in [2.75, 3.05) is 19.6 Å². The van der Waals surface area contributed by atoms with E-state index in [0.717, 1.165) is 30.7 Å². The molecular formula is C9H16BrN3. The van der Waals surface area contributed by atoms with E-state index >= 15 is 0 Å². The van der Waals surface area contributed by atoms with Gasteiger partial charge in [0.15, 0.2) is 0 Å². The van der Waals surface area contributed by atoms with E-state index in [1.54, 1.807) is 0 Å². The van der Waals surface area contributed by atoms with Gasteiger partial charge in [-0.15, -0.1) is 0 Å². The van der Waals surface area contributed by atoms with Crippen LogP contribution in [0.15, 0.2) is 16.7 Å². The Labute approximate surface area is 87.4 Å². The summed E-state index contributed by atoms with van der Waals surface area (Å²) in [7, 11) is 0. The van der Waals surface area contributed by atoms with Crippen LogP contribution in [0.5, 0.6) is 0 Å². The van der Waals surface area contributed by atoms with Crippen molar-refractivity contribution in [3.05, 3.63) is 22.4 Å². The molecule has 0 unspecified atom stereocenters. The van der Waals surface area contributed by atoms with Crippen LogP contribution in [0, 0.1) is 0 Å². The van der Waals surface area contributed by atoms with Crippen molar-refractivity contribution >= 4 is 15.9 Å². The van der Waals surface area contributed by atoms with E-state index in [0.29, 0.717) is 0 Å². The molecule has 0 aliphatic rings. The minimum absolute atomic E-state index is 0.900. The SMILES string of the molecule is CCNCCNCc1cc(Br)c[nH]1. The van der Waals surface area contributed by atoms with E-state index in [9.17, 15) is 0 Å². The van der Waals surface area contributed by atoms with Gasteiger partial charge in [0, 0.05) is 36.0 Å². The fraction of sp³-hybridized carbons (Fsp3) is 0.556. The minimum atomic E-state index is 0.900. The lowest BCUT2D eigenvalue weighted by molar-refractivity contribution is 0.620. The highest BCUT2D eigenvalue weighted by Gasteiger charge is 1.94. The Kier molecular flexibility index (Phi) is 5.12. The number of hydrogen-bond donors (Lipinski definition) is 3. The summed E-state index contributed by atoms with van der Waals surface area (Å²) in [6.07, 6.45) is 1.95. The van der Waals surface area contributed by atoms with E-state index in [1.165, 1.54) is 5.69 Å². The zero-order chi connectivity index (χ0) is 9.52. The third kappa shape index (κ3) is 4.45. The third-order valence-corrected chi connectivity index (χ3v) is 2.21. The Morgan fingerprint density at radius 2 is 2.15 bits per heavy atom. The van der Waals surface area contributed by atoms with Crippen molar-refractivity contribution < 1.29 is 0 Å². The molecule has 4 heteroatoms. The highest BCUT2D eigenvalue weighted by Crippen LogP contribution is 2.09. The van der Waals surface area contributed by atoms with Gasteiger partial charge in [-0.1, -0.05) is 6.92 Å². The topological polar surface area (TPSA) is 39.8 Å². The molecule has 1 heterocycles. The van der Waals surface area contributed by atoms with Crippen LogP contribution < -0.4 is 10.6 Å². The van der Waals surface area contributed by atoms with Crippen molar-refractivity contribution in [2.45, 2.75) is 13.5 Å². The van der Waals surface area contributed by atoms with E-state index in [-0.39, 0.29) is 0 Å². The fourth-order valence-electron chi connectivity index (χ4n) is 1.09. The summed E-state index contributed by atoms with van der Waals surface area (Å²) < 4.78 is 1.11. The first-order valence-electron chi connectivity index (χ1n) is 4.57. The summed E-state index contributed by atoms with van der Waals surface area (Å²) in [4.78, 5) is 3.17. The van der Waals surface area contributed by atoms with Crippen molar-refractivity contribution in [1.82, 2.24) is 15.6 Å². The first kappa shape index (κ1) is 10.8. The lowest BCUT2D eigenvalue weighted by atomic mass is 10.4. The van der Waals surface area contributed by atoms with Crippen molar-refractivity contribution in [2.24, 2.45) is 0 Å². The number of H-pyrrole nitrogens is 1. The molecule has 1 aromatic heterocycles. The van der Waals surface area contributed by atoms with Gasteiger partial charge in [0.2, 0.25) is 0 Å². The quantitative estimate of drug-likeness (QED) is 0.665. The molecule has 0 fully saturated rings. The van der Waals surface area contributed by atoms with Crippen molar-refractivity contribution in [3.63, 3.8) is 0 Å². The highest BCUT2D eigenvalue weighted by molar-refractivity contribution is 9.10. The highest BCUT2D eigenvalue weighted by atomic mass is 79.9. The maximum atomic E-state index is 3.39. The van der Waals surface area contributed by atoms with Gasteiger partial charge in [-0.25, -0.2) is 0 Å². The molecule has 0 saturated heterocycles. The van der Waals surface area contributed by atoms with E-state index in [1.807, 2.05) is 6.20 Å². The Balaban J connectivity index is 2.06. The molecular weight excluding hydrogens is 230 g/mol. The molecule has 1 rings (SSSR count). The summed E-state index contributed by atoms with van der Waals surface area (Å²) in [6.45, 7) is 6.08. The fourth-order valence-corrected chi connectivity index (χ4v) is 1.48. The van der Waals surface area contributed by atoms with Gasteiger partial charge in [0.25, 0.3) is 0 Å². The molecule has 74 valence electrons. The number of nitrogens with one attached hydrogen (secondary N) is 3. The molecule has 0 bridgehead atoms. The summed E-state index contributed by atoms with van der Waals surface area (Å²) in [5.41, 5.74) is 1.21. The van der Waals surface area contributed by atoms with E-state index < -0.39 is 0 Å². The number of halogens is 1. The summed E-state index contributed by atoms with van der Waals surface area (Å²) in [6, 6.07) is 2.08. The Bertz CT molecular complexity index is 235. The number of rotatable bonds is 6. The lowest BCUT2D eigenvalue weighted by Crippen LogP contribution is -2.26. The van der Waals surface area contributed by atoms with Crippen LogP contribution in [0.4, 0.5) is 0 Å². The van der Waals surface area contributed by atoms with Crippen LogP contribution in [0.2, 0.25) is 0 Å². The van der Waals surface area contributed by atoms with Crippen LogP contribution in [-0.2, 0) is 6.54 Å². The van der Waals surface area contributed by atoms with Gasteiger partial charge in [-0.2, -0.15) is 0 Å². The second-order valence-corrected chi connectivity index (χ2v) is 3.79. The van der Waals surface area contributed by atoms with Gasteiger partial charge in [-0.05, 0) is 28.5 Å². The van der Waals surface area contributed by atoms with Crippen LogP contribution in [-0.4, -0.2) is 24.6 Å². The molecule has 0 radical (unpaired) electrons. The average Bonchev–Trinajstić information content (AvgIpc) is 2.51. The Hall–Kier alpha value is -0.320. The van der Waals surface area contributed by atoms with E-state index in [4.69, 9.17) is 0 Å². The molecule has 0 aliphatic carbocycles. The maximum Gasteiger partial charge on any atom is 0.0358 e. The summed E-state index contributed by atoms with van der Waals surface area (Å²) >= 11 is 3.39. The standard InChI is InChI=1S/C9H16BrN3/c1-2-11-3-4-12-7-9-5-8(10)6-13-9/h5-6,11-13H,2-4,7H2,1H3. The van der Waals surface area contributed by atoms with Gasteiger partial charge in [0.05, 0.1) is 0 Å². The Morgan fingerprint density at radius 3 is 2.77 bits per heavy atom. The third-order valence-electron chi connectivity index (χ3n) is 1.75. The van der Waals surface area contributed by atoms with Crippen LogP contribution in [0.1, 0.15) is 12.6 Å². The molecule has 1 aromatic rings. The molecule has 0 saturated carbocycles. The number of likely N-dealkylation sites (N-methyl/N-ethyl adjacent to an activating group) is 1. The van der Waals surface area contributed by atoms with E-state index in [2.05, 4.69) is 44.5 Å². The largest absolute Gasteiger partial charge is 0.363 e. The predicted octanol–water partition coefficient (Wildman–Crippen LogP) is 1.48. The second-order valence-electron chi connectivity index (χ2n) is 2.87. The molecule has 3 nitrogen and oxygen atoms in total. The van der Waals surface area contributed by atoms with Crippen molar-refractivity contribution in [3.8, 4) is 0 Å². The van der Waals surface area contributed by atoms with Crippen LogP contribution in [0.3, 0.4) is 0 Å². The molecule has 0 amide bonds. The first-order valence-corrected chi connectivity index (χ1v) is 5.36. The van der Waals surface area contributed by atoms with Gasteiger partial charge >= 0.3 is 0 Å². The molecule has 0 aliphatic heterocycles. The summed E-state index contributed by atoms with van der Waals surface area (Å²) in [5.74, 6) is 0. The van der Waals surface area contributed by atoms with Gasteiger partial charge < -0.3 is 15.6 Å². The minimum Gasteiger partial charge on any atom is -0.363 e. The second kappa shape index (κ2) is 6.18. The van der Waals surface area contributed by atoms with Crippen molar-refractivity contribution in [1.29, 1.82) is 0 Å². The Morgan fingerprint density at radius 1 is 1.38 bits per heavy atom. The van der Waals surface area contributed by atoms with Crippen LogP contribution >= 0.6 is 15.9 Å². The maximum absolute atomic E-state index is 3.39. The average molecular weight is 246 g/mol. The lowest BCUT2D eigenvalue weighted by Gasteiger charge is -2.02. The molecule has 0 aromatic carbocycles. The van der Waals surface area contributed by atoms with Gasteiger partial charge in [0.1, 0.15) is 0 Å². The molecule has 3 N–H and O–H groups in total. The molecule has 0 atom stereocenters. The monoisotopic (exact) mass is 245 g/mol. The smallest absolute Gasteiger partial charge is 0.0358 e. The van der Waals surface area contributed by atoms with Crippen LogP contribution in [0.25, 0.3) is 0 Å². The number of aromatic amines is 1. The van der Waals surface area contributed by atoms with Gasteiger partial charge in [-0.3, -0.25) is 0 Å². The molecule has 13 heavy (non-hydrogen) atoms. The summed E-state index contributed by atoms with van der Waals surface area (Å²) in [5, 5.41) is 6.59. The normalized spacial score (nSPS) is 10.6. The number of aromatic nitrogens is 1. The zero-order valence-corrected chi connectivity index (χ0v) is 9.45. The molecule has 0 spiro atoms. The number of hydrogen-bond acceptors (Lipinski definition) is 2. The zero-order valence-electron chi connectivity index (χ0n) is 7.86. The first-order chi connectivity index (χ1) is 6.33.